The zero-order chi connectivity index (χ0) is 10.8. The van der Waals surface area contributed by atoms with Crippen molar-refractivity contribution in [2.24, 2.45) is 0 Å². The fourth-order valence-electron chi connectivity index (χ4n) is 1.30. The molecule has 0 aliphatic rings. The Labute approximate surface area is 86.3 Å². The number of benzene rings is 1. The van der Waals surface area contributed by atoms with Crippen LogP contribution in [0.5, 0.6) is 5.75 Å². The molecule has 2 aromatic rings. The minimum absolute atomic E-state index is 0.334. The van der Waals surface area contributed by atoms with E-state index in [4.69, 9.17) is 4.74 Å². The summed E-state index contributed by atoms with van der Waals surface area (Å²) in [5, 5.41) is 4.09. The number of rotatable bonds is 2. The Morgan fingerprint density at radius 1 is 1.40 bits per heavy atom. The molecule has 1 aromatic carbocycles. The molecule has 0 radical (unpaired) electrons. The van der Waals surface area contributed by atoms with E-state index in [1.165, 1.54) is 30.3 Å². The van der Waals surface area contributed by atoms with Crippen molar-refractivity contribution in [3.8, 4) is 11.4 Å². The number of hydrogen-bond acceptors (Lipinski definition) is 3. The number of methoxy groups -OCH3 is 1. The standard InChI is InChI=1S/C10H10FN3O/c1-7-12-6-14(13-7)9-5-8(11)3-4-10(9)15-2/h3-6H,1-2H3. The molecule has 0 aliphatic heterocycles. The predicted molar refractivity (Wildman–Crippen MR) is 52.6 cm³/mol. The molecule has 0 N–H and O–H groups in total. The molecule has 78 valence electrons. The van der Waals surface area contributed by atoms with Crippen molar-refractivity contribution < 1.29 is 9.13 Å². The summed E-state index contributed by atoms with van der Waals surface area (Å²) in [5.41, 5.74) is 0.540. The molecule has 0 amide bonds. The van der Waals surface area contributed by atoms with E-state index >= 15 is 0 Å². The van der Waals surface area contributed by atoms with Crippen LogP contribution < -0.4 is 4.74 Å². The van der Waals surface area contributed by atoms with Crippen molar-refractivity contribution in [3.05, 3.63) is 36.2 Å². The fraction of sp³-hybridized carbons (Fsp3) is 0.200. The lowest BCUT2D eigenvalue weighted by Crippen LogP contribution is -1.99. The van der Waals surface area contributed by atoms with Gasteiger partial charge in [-0.2, -0.15) is 5.10 Å². The second kappa shape index (κ2) is 3.68. The highest BCUT2D eigenvalue weighted by molar-refractivity contribution is 5.45. The van der Waals surface area contributed by atoms with Crippen LogP contribution in [0.4, 0.5) is 4.39 Å². The minimum atomic E-state index is -0.334. The average Bonchev–Trinajstić information content (AvgIpc) is 2.65. The van der Waals surface area contributed by atoms with Gasteiger partial charge in [0.1, 0.15) is 29.4 Å². The Morgan fingerprint density at radius 2 is 2.20 bits per heavy atom. The first-order valence-corrected chi connectivity index (χ1v) is 4.43. The summed E-state index contributed by atoms with van der Waals surface area (Å²) in [7, 11) is 1.53. The van der Waals surface area contributed by atoms with E-state index in [9.17, 15) is 4.39 Å². The number of aryl methyl sites for hydroxylation is 1. The molecule has 0 saturated heterocycles. The molecule has 15 heavy (non-hydrogen) atoms. The van der Waals surface area contributed by atoms with E-state index in [1.54, 1.807) is 13.0 Å². The molecule has 2 rings (SSSR count). The molecule has 0 fully saturated rings. The van der Waals surface area contributed by atoms with Gasteiger partial charge >= 0.3 is 0 Å². The van der Waals surface area contributed by atoms with Crippen LogP contribution in [0.3, 0.4) is 0 Å². The summed E-state index contributed by atoms with van der Waals surface area (Å²) in [6.45, 7) is 1.77. The third-order valence-corrected chi connectivity index (χ3v) is 1.99. The normalized spacial score (nSPS) is 10.3. The third kappa shape index (κ3) is 1.81. The molecule has 0 saturated carbocycles. The molecule has 0 atom stereocenters. The van der Waals surface area contributed by atoms with E-state index < -0.39 is 0 Å². The van der Waals surface area contributed by atoms with Crippen LogP contribution in [0.25, 0.3) is 5.69 Å². The Kier molecular flexibility index (Phi) is 2.37. The van der Waals surface area contributed by atoms with Crippen molar-refractivity contribution in [2.45, 2.75) is 6.92 Å². The van der Waals surface area contributed by atoms with E-state index in [0.717, 1.165) is 0 Å². The van der Waals surface area contributed by atoms with Gasteiger partial charge < -0.3 is 4.74 Å². The topological polar surface area (TPSA) is 39.9 Å². The first-order valence-electron chi connectivity index (χ1n) is 4.43. The maximum Gasteiger partial charge on any atom is 0.147 e. The molecule has 4 nitrogen and oxygen atoms in total. The smallest absolute Gasteiger partial charge is 0.147 e. The summed E-state index contributed by atoms with van der Waals surface area (Å²) in [6.07, 6.45) is 1.52. The van der Waals surface area contributed by atoms with Gasteiger partial charge in [-0.1, -0.05) is 0 Å². The molecule has 5 heteroatoms. The van der Waals surface area contributed by atoms with Gasteiger partial charge in [0.15, 0.2) is 0 Å². The summed E-state index contributed by atoms with van der Waals surface area (Å²) in [6, 6.07) is 4.25. The van der Waals surface area contributed by atoms with Crippen molar-refractivity contribution in [1.29, 1.82) is 0 Å². The number of ether oxygens (including phenoxy) is 1. The minimum Gasteiger partial charge on any atom is -0.494 e. The van der Waals surface area contributed by atoms with Gasteiger partial charge in [-0.05, 0) is 19.1 Å². The molecular weight excluding hydrogens is 197 g/mol. The summed E-state index contributed by atoms with van der Waals surface area (Å²) in [4.78, 5) is 3.97. The Bertz CT molecular complexity index is 481. The van der Waals surface area contributed by atoms with E-state index in [2.05, 4.69) is 10.1 Å². The highest BCUT2D eigenvalue weighted by Gasteiger charge is 2.07. The Hall–Kier alpha value is -1.91. The second-order valence-corrected chi connectivity index (χ2v) is 3.05. The fourth-order valence-corrected chi connectivity index (χ4v) is 1.30. The maximum atomic E-state index is 13.1. The summed E-state index contributed by atoms with van der Waals surface area (Å²) < 4.78 is 19.7. The monoisotopic (exact) mass is 207 g/mol. The van der Waals surface area contributed by atoms with Crippen molar-refractivity contribution in [3.63, 3.8) is 0 Å². The van der Waals surface area contributed by atoms with Gasteiger partial charge in [-0.25, -0.2) is 14.1 Å². The van der Waals surface area contributed by atoms with Crippen LogP contribution in [0.2, 0.25) is 0 Å². The van der Waals surface area contributed by atoms with Crippen LogP contribution in [0.1, 0.15) is 5.82 Å². The molecule has 1 heterocycles. The zero-order valence-electron chi connectivity index (χ0n) is 8.44. The Morgan fingerprint density at radius 3 is 2.80 bits per heavy atom. The quantitative estimate of drug-likeness (QED) is 0.752. The Balaban J connectivity index is 2.55. The number of nitrogens with zero attached hydrogens (tertiary/aromatic N) is 3. The lowest BCUT2D eigenvalue weighted by molar-refractivity contribution is 0.410. The van der Waals surface area contributed by atoms with Gasteiger partial charge in [0.05, 0.1) is 7.11 Å². The number of hydrogen-bond donors (Lipinski definition) is 0. The molecular formula is C10H10FN3O. The second-order valence-electron chi connectivity index (χ2n) is 3.05. The molecule has 0 bridgehead atoms. The highest BCUT2D eigenvalue weighted by atomic mass is 19.1. The van der Waals surface area contributed by atoms with Gasteiger partial charge in [0.25, 0.3) is 0 Å². The van der Waals surface area contributed by atoms with E-state index in [0.29, 0.717) is 17.3 Å². The van der Waals surface area contributed by atoms with Gasteiger partial charge in [0, 0.05) is 6.07 Å². The van der Waals surface area contributed by atoms with Crippen molar-refractivity contribution in [2.75, 3.05) is 7.11 Å². The van der Waals surface area contributed by atoms with Crippen LogP contribution in [-0.4, -0.2) is 21.9 Å². The van der Waals surface area contributed by atoms with Gasteiger partial charge in [0.2, 0.25) is 0 Å². The summed E-state index contributed by atoms with van der Waals surface area (Å²) in [5.74, 6) is 0.849. The molecule has 1 aromatic heterocycles. The summed E-state index contributed by atoms with van der Waals surface area (Å²) >= 11 is 0. The van der Waals surface area contributed by atoms with Crippen molar-refractivity contribution >= 4 is 0 Å². The van der Waals surface area contributed by atoms with E-state index in [-0.39, 0.29) is 5.82 Å². The molecule has 0 unspecified atom stereocenters. The highest BCUT2D eigenvalue weighted by Crippen LogP contribution is 2.22. The van der Waals surface area contributed by atoms with Crippen LogP contribution >= 0.6 is 0 Å². The zero-order valence-corrected chi connectivity index (χ0v) is 8.44. The lowest BCUT2D eigenvalue weighted by Gasteiger charge is -2.07. The van der Waals surface area contributed by atoms with Crippen LogP contribution in [0, 0.1) is 12.7 Å². The molecule has 0 spiro atoms. The maximum absolute atomic E-state index is 13.1. The number of aromatic nitrogens is 3. The average molecular weight is 207 g/mol. The largest absolute Gasteiger partial charge is 0.494 e. The van der Waals surface area contributed by atoms with Gasteiger partial charge in [-0.15, -0.1) is 0 Å². The number of halogens is 1. The van der Waals surface area contributed by atoms with Crippen LogP contribution in [-0.2, 0) is 0 Å². The first-order chi connectivity index (χ1) is 7.20. The van der Waals surface area contributed by atoms with E-state index in [1.807, 2.05) is 0 Å². The molecule has 0 aliphatic carbocycles. The van der Waals surface area contributed by atoms with Crippen molar-refractivity contribution in [1.82, 2.24) is 14.8 Å². The third-order valence-electron chi connectivity index (χ3n) is 1.99. The lowest BCUT2D eigenvalue weighted by atomic mass is 10.3. The first kappa shape index (κ1) is 9.64. The SMILES string of the molecule is COc1ccc(F)cc1-n1cnc(C)n1. The van der Waals surface area contributed by atoms with Crippen LogP contribution in [0.15, 0.2) is 24.5 Å². The predicted octanol–water partition coefficient (Wildman–Crippen LogP) is 1.72. The van der Waals surface area contributed by atoms with Gasteiger partial charge in [-0.3, -0.25) is 0 Å².